The van der Waals surface area contributed by atoms with Gasteiger partial charge < -0.3 is 9.64 Å². The monoisotopic (exact) mass is 319 g/mol. The number of ether oxygens (including phenoxy) is 1. The summed E-state index contributed by atoms with van der Waals surface area (Å²) in [5.74, 6) is -0.251. The lowest BCUT2D eigenvalue weighted by atomic mass is 10.1. The van der Waals surface area contributed by atoms with Gasteiger partial charge in [0.05, 0.1) is 17.5 Å². The van der Waals surface area contributed by atoms with E-state index in [2.05, 4.69) is 0 Å². The first-order valence-corrected chi connectivity index (χ1v) is 8.46. The van der Waals surface area contributed by atoms with Crippen LogP contribution < -0.4 is 0 Å². The lowest BCUT2D eigenvalue weighted by molar-refractivity contribution is 0.0579. The third-order valence-electron chi connectivity index (χ3n) is 2.90. The molecule has 0 aliphatic carbocycles. The van der Waals surface area contributed by atoms with Gasteiger partial charge >= 0.3 is 0 Å². The lowest BCUT2D eigenvalue weighted by Crippen LogP contribution is -2.40. The Hall–Kier alpha value is -1.11. The van der Waals surface area contributed by atoms with Gasteiger partial charge in [-0.3, -0.25) is 4.79 Å². The van der Waals surface area contributed by atoms with Crippen molar-refractivity contribution in [2.45, 2.75) is 24.8 Å². The molecular formula is C13H18ClNO4S. The first-order chi connectivity index (χ1) is 9.31. The maximum Gasteiger partial charge on any atom is 0.261 e. The van der Waals surface area contributed by atoms with E-state index >= 15 is 0 Å². The number of hydrogen-bond donors (Lipinski definition) is 0. The standard InChI is InChI=1S/C13H18ClNO4S/c1-4-15(10(2)9-19-3)13(16)11-6-5-7-12(8-11)20(14,17)18/h5-8,10H,4,9H2,1-3H3. The largest absolute Gasteiger partial charge is 0.383 e. The van der Waals surface area contributed by atoms with Crippen molar-refractivity contribution in [1.29, 1.82) is 0 Å². The number of benzene rings is 1. The molecule has 0 spiro atoms. The Morgan fingerprint density at radius 1 is 1.45 bits per heavy atom. The molecule has 0 aliphatic rings. The van der Waals surface area contributed by atoms with Crippen LogP contribution in [0, 0.1) is 0 Å². The van der Waals surface area contributed by atoms with Crippen molar-refractivity contribution in [3.8, 4) is 0 Å². The highest BCUT2D eigenvalue weighted by atomic mass is 35.7. The summed E-state index contributed by atoms with van der Waals surface area (Å²) in [6.07, 6.45) is 0. The highest BCUT2D eigenvalue weighted by Gasteiger charge is 2.21. The lowest BCUT2D eigenvalue weighted by Gasteiger charge is -2.27. The fraction of sp³-hybridized carbons (Fsp3) is 0.462. The van der Waals surface area contributed by atoms with Crippen molar-refractivity contribution >= 4 is 25.6 Å². The number of methoxy groups -OCH3 is 1. The second kappa shape index (κ2) is 7.06. The molecule has 1 amide bonds. The first kappa shape index (κ1) is 16.9. The topological polar surface area (TPSA) is 63.7 Å². The number of amides is 1. The van der Waals surface area contributed by atoms with Crippen LogP contribution in [0.25, 0.3) is 0 Å². The summed E-state index contributed by atoms with van der Waals surface area (Å²) < 4.78 is 27.6. The van der Waals surface area contributed by atoms with E-state index in [1.54, 1.807) is 18.1 Å². The van der Waals surface area contributed by atoms with Gasteiger partial charge in [0.1, 0.15) is 0 Å². The van der Waals surface area contributed by atoms with Crippen LogP contribution >= 0.6 is 10.7 Å². The van der Waals surface area contributed by atoms with E-state index in [4.69, 9.17) is 15.4 Å². The minimum absolute atomic E-state index is 0.0829. The zero-order chi connectivity index (χ0) is 15.3. The summed E-state index contributed by atoms with van der Waals surface area (Å²) in [7, 11) is 3.01. The fourth-order valence-electron chi connectivity index (χ4n) is 1.93. The quantitative estimate of drug-likeness (QED) is 0.753. The summed E-state index contributed by atoms with van der Waals surface area (Å²) in [4.78, 5) is 13.9. The van der Waals surface area contributed by atoms with Gasteiger partial charge in [-0.25, -0.2) is 8.42 Å². The predicted octanol–water partition coefficient (Wildman–Crippen LogP) is 2.11. The fourth-order valence-corrected chi connectivity index (χ4v) is 2.73. The maximum absolute atomic E-state index is 12.4. The Morgan fingerprint density at radius 2 is 2.10 bits per heavy atom. The van der Waals surface area contributed by atoms with Crippen LogP contribution in [0.2, 0.25) is 0 Å². The van der Waals surface area contributed by atoms with Crippen molar-refractivity contribution in [2.75, 3.05) is 20.3 Å². The maximum atomic E-state index is 12.4. The molecule has 0 saturated heterocycles. The van der Waals surface area contributed by atoms with Crippen LogP contribution in [0.15, 0.2) is 29.2 Å². The van der Waals surface area contributed by atoms with Crippen molar-refractivity contribution in [1.82, 2.24) is 4.90 Å². The molecule has 112 valence electrons. The van der Waals surface area contributed by atoms with Crippen molar-refractivity contribution in [3.05, 3.63) is 29.8 Å². The molecule has 0 radical (unpaired) electrons. The van der Waals surface area contributed by atoms with E-state index in [1.165, 1.54) is 18.2 Å². The van der Waals surface area contributed by atoms with Gasteiger partial charge in [-0.2, -0.15) is 0 Å². The molecule has 5 nitrogen and oxygen atoms in total. The Morgan fingerprint density at radius 3 is 2.60 bits per heavy atom. The molecule has 1 unspecified atom stereocenters. The molecule has 0 aromatic heterocycles. The third kappa shape index (κ3) is 4.19. The molecule has 1 aromatic rings. The zero-order valence-electron chi connectivity index (χ0n) is 11.7. The van der Waals surface area contributed by atoms with Gasteiger partial charge in [0.15, 0.2) is 0 Å². The van der Waals surface area contributed by atoms with E-state index in [0.29, 0.717) is 13.2 Å². The van der Waals surface area contributed by atoms with Gasteiger partial charge in [-0.15, -0.1) is 0 Å². The Balaban J connectivity index is 3.07. The molecular weight excluding hydrogens is 302 g/mol. The predicted molar refractivity (Wildman–Crippen MR) is 77.5 cm³/mol. The molecule has 0 fully saturated rings. The molecule has 0 saturated carbocycles. The molecule has 1 rings (SSSR count). The van der Waals surface area contributed by atoms with Crippen molar-refractivity contribution < 1.29 is 17.9 Å². The number of carbonyl (C=O) groups is 1. The minimum Gasteiger partial charge on any atom is -0.383 e. The van der Waals surface area contributed by atoms with Gasteiger partial charge in [-0.1, -0.05) is 6.07 Å². The van der Waals surface area contributed by atoms with Gasteiger partial charge in [-0.05, 0) is 32.0 Å². The summed E-state index contributed by atoms with van der Waals surface area (Å²) in [5, 5.41) is 0. The highest BCUT2D eigenvalue weighted by Crippen LogP contribution is 2.18. The third-order valence-corrected chi connectivity index (χ3v) is 4.26. The number of nitrogens with zero attached hydrogens (tertiary/aromatic N) is 1. The number of rotatable bonds is 6. The number of halogens is 1. The smallest absolute Gasteiger partial charge is 0.261 e. The van der Waals surface area contributed by atoms with Crippen LogP contribution in [-0.2, 0) is 13.8 Å². The van der Waals surface area contributed by atoms with Gasteiger partial charge in [0.25, 0.3) is 15.0 Å². The molecule has 0 heterocycles. The SMILES string of the molecule is CCN(C(=O)c1cccc(S(=O)(=O)Cl)c1)C(C)COC. The van der Waals surface area contributed by atoms with E-state index in [0.717, 1.165) is 0 Å². The van der Waals surface area contributed by atoms with E-state index in [9.17, 15) is 13.2 Å². The van der Waals surface area contributed by atoms with Crippen LogP contribution in [0.4, 0.5) is 0 Å². The average molecular weight is 320 g/mol. The highest BCUT2D eigenvalue weighted by molar-refractivity contribution is 8.13. The summed E-state index contributed by atoms with van der Waals surface area (Å²) in [6, 6.07) is 5.60. The Kier molecular flexibility index (Phi) is 5.98. The molecule has 0 N–H and O–H groups in total. The molecule has 7 heteroatoms. The Bertz CT molecular complexity index is 573. The normalized spacial score (nSPS) is 13.0. The van der Waals surface area contributed by atoms with E-state index in [-0.39, 0.29) is 22.4 Å². The minimum atomic E-state index is -3.84. The van der Waals surface area contributed by atoms with Crippen LogP contribution in [0.5, 0.6) is 0 Å². The van der Waals surface area contributed by atoms with Gasteiger partial charge in [0.2, 0.25) is 0 Å². The van der Waals surface area contributed by atoms with Crippen molar-refractivity contribution in [3.63, 3.8) is 0 Å². The summed E-state index contributed by atoms with van der Waals surface area (Å²) >= 11 is 0. The molecule has 0 aliphatic heterocycles. The first-order valence-electron chi connectivity index (χ1n) is 6.15. The number of carbonyl (C=O) groups excluding carboxylic acids is 1. The van der Waals surface area contributed by atoms with Crippen molar-refractivity contribution in [2.24, 2.45) is 0 Å². The Labute approximate surface area is 123 Å². The zero-order valence-corrected chi connectivity index (χ0v) is 13.2. The molecule has 1 atom stereocenters. The second-order valence-corrected chi connectivity index (χ2v) is 6.93. The number of hydrogen-bond acceptors (Lipinski definition) is 4. The molecule has 20 heavy (non-hydrogen) atoms. The molecule has 0 bridgehead atoms. The molecule has 1 aromatic carbocycles. The summed E-state index contributed by atoms with van der Waals surface area (Å²) in [5.41, 5.74) is 0.288. The van der Waals surface area contributed by atoms with Gasteiger partial charge in [0, 0.05) is 29.9 Å². The van der Waals surface area contributed by atoms with Crippen LogP contribution in [-0.4, -0.2) is 45.5 Å². The van der Waals surface area contributed by atoms with E-state index < -0.39 is 9.05 Å². The van der Waals surface area contributed by atoms with Crippen LogP contribution in [0.1, 0.15) is 24.2 Å². The second-order valence-electron chi connectivity index (χ2n) is 4.36. The van der Waals surface area contributed by atoms with Crippen LogP contribution in [0.3, 0.4) is 0 Å². The summed E-state index contributed by atoms with van der Waals surface area (Å²) in [6.45, 7) is 4.63. The number of likely N-dealkylation sites (N-methyl/N-ethyl adjacent to an activating group) is 1. The average Bonchev–Trinajstić information content (AvgIpc) is 2.39. The van der Waals surface area contributed by atoms with E-state index in [1.807, 2.05) is 13.8 Å².